The summed E-state index contributed by atoms with van der Waals surface area (Å²) >= 11 is 0. The number of carbonyl (C=O) groups is 2. The Morgan fingerprint density at radius 1 is 1.45 bits per heavy atom. The molecule has 0 aromatic carbocycles. The smallest absolute Gasteiger partial charge is 0.303 e. The fourth-order valence-electron chi connectivity index (χ4n) is 4.27. The molecule has 0 unspecified atom stereocenters. The molecule has 1 N–H and O–H groups in total. The zero-order valence-corrected chi connectivity index (χ0v) is 13.4. The van der Waals surface area contributed by atoms with Gasteiger partial charge in [0, 0.05) is 17.9 Å². The fourth-order valence-corrected chi connectivity index (χ4v) is 4.27. The number of furan rings is 1. The van der Waals surface area contributed by atoms with Crippen molar-refractivity contribution < 1.29 is 23.8 Å². The van der Waals surface area contributed by atoms with Crippen LogP contribution in [0.4, 0.5) is 0 Å². The van der Waals surface area contributed by atoms with Gasteiger partial charge in [-0.2, -0.15) is 0 Å². The maximum absolute atomic E-state index is 12.9. The van der Waals surface area contributed by atoms with E-state index in [0.29, 0.717) is 12.0 Å². The molecule has 0 aliphatic heterocycles. The quantitative estimate of drug-likeness (QED) is 0.807. The Bertz CT molecular complexity index is 631. The molecule has 0 saturated heterocycles. The molecule has 0 spiro atoms. The lowest BCUT2D eigenvalue weighted by molar-refractivity contribution is -0.170. The van der Waals surface area contributed by atoms with E-state index in [9.17, 15) is 14.7 Å². The van der Waals surface area contributed by atoms with Gasteiger partial charge in [0.05, 0.1) is 18.3 Å². The predicted octanol–water partition coefficient (Wildman–Crippen LogP) is 2.80. The molecular formula is C17H22O5. The van der Waals surface area contributed by atoms with Crippen molar-refractivity contribution in [2.45, 2.75) is 52.7 Å². The number of esters is 1. The van der Waals surface area contributed by atoms with Crippen LogP contribution in [0.1, 0.15) is 61.4 Å². The van der Waals surface area contributed by atoms with Crippen LogP contribution in [-0.4, -0.2) is 23.0 Å². The van der Waals surface area contributed by atoms with Crippen LogP contribution in [0.25, 0.3) is 0 Å². The van der Waals surface area contributed by atoms with Crippen molar-refractivity contribution in [1.82, 2.24) is 0 Å². The first kappa shape index (κ1) is 15.3. The standard InChI is InChI=1S/C17H22O5/c1-8-7-21-15-12(8)16(22-10(3)18)17(4)9(2)5-6-11(19)13(17)14(15)20/h7,9,11,13,16,19H,5-6H2,1-4H3/t9-,11-,13+,16+,17+/m1/s1. The first-order valence-corrected chi connectivity index (χ1v) is 7.76. The van der Waals surface area contributed by atoms with E-state index in [2.05, 4.69) is 6.92 Å². The average Bonchev–Trinajstić information content (AvgIpc) is 2.81. The van der Waals surface area contributed by atoms with Crippen molar-refractivity contribution in [2.24, 2.45) is 17.3 Å². The molecule has 5 nitrogen and oxygen atoms in total. The highest BCUT2D eigenvalue weighted by atomic mass is 16.5. The van der Waals surface area contributed by atoms with Gasteiger partial charge in [-0.1, -0.05) is 13.8 Å². The Labute approximate surface area is 129 Å². The van der Waals surface area contributed by atoms with Gasteiger partial charge < -0.3 is 14.3 Å². The molecule has 1 aromatic heterocycles. The number of Topliss-reactive ketones (excluding diaryl/α,β-unsaturated/α-hetero) is 1. The summed E-state index contributed by atoms with van der Waals surface area (Å²) in [6, 6.07) is 0. The summed E-state index contributed by atoms with van der Waals surface area (Å²) in [6.45, 7) is 7.22. The van der Waals surface area contributed by atoms with Crippen LogP contribution in [0.5, 0.6) is 0 Å². The summed E-state index contributed by atoms with van der Waals surface area (Å²) in [4.78, 5) is 24.5. The molecule has 120 valence electrons. The predicted molar refractivity (Wildman–Crippen MR) is 78.3 cm³/mol. The Kier molecular flexibility index (Phi) is 3.44. The van der Waals surface area contributed by atoms with Crippen molar-refractivity contribution in [3.8, 4) is 0 Å². The lowest BCUT2D eigenvalue weighted by Gasteiger charge is -2.53. The molecule has 2 aliphatic carbocycles. The van der Waals surface area contributed by atoms with Gasteiger partial charge in [-0.3, -0.25) is 9.59 Å². The van der Waals surface area contributed by atoms with Crippen molar-refractivity contribution in [3.05, 3.63) is 23.2 Å². The third kappa shape index (κ3) is 1.88. The number of hydrogen-bond acceptors (Lipinski definition) is 5. The summed E-state index contributed by atoms with van der Waals surface area (Å²) < 4.78 is 11.1. The van der Waals surface area contributed by atoms with E-state index < -0.39 is 29.5 Å². The van der Waals surface area contributed by atoms with Crippen molar-refractivity contribution in [3.63, 3.8) is 0 Å². The Morgan fingerprint density at radius 3 is 2.77 bits per heavy atom. The van der Waals surface area contributed by atoms with Gasteiger partial charge in [-0.25, -0.2) is 0 Å². The minimum absolute atomic E-state index is 0.150. The van der Waals surface area contributed by atoms with Crippen LogP contribution >= 0.6 is 0 Å². The number of fused-ring (bicyclic) bond motifs is 2. The van der Waals surface area contributed by atoms with Crippen LogP contribution in [0.2, 0.25) is 0 Å². The normalized spacial score (nSPS) is 37.4. The molecule has 22 heavy (non-hydrogen) atoms. The molecule has 1 aromatic rings. The molecule has 1 fully saturated rings. The number of aliphatic hydroxyl groups excluding tert-OH is 1. The third-order valence-electron chi connectivity index (χ3n) is 5.65. The number of ketones is 1. The van der Waals surface area contributed by atoms with E-state index in [1.165, 1.54) is 13.2 Å². The highest BCUT2D eigenvalue weighted by molar-refractivity contribution is 5.99. The Morgan fingerprint density at radius 2 is 2.14 bits per heavy atom. The molecule has 1 saturated carbocycles. The summed E-state index contributed by atoms with van der Waals surface area (Å²) in [5.41, 5.74) is 0.851. The van der Waals surface area contributed by atoms with Crippen molar-refractivity contribution in [2.75, 3.05) is 0 Å². The molecule has 0 bridgehead atoms. The van der Waals surface area contributed by atoms with Gasteiger partial charge in [0.1, 0.15) is 6.10 Å². The zero-order valence-electron chi connectivity index (χ0n) is 13.4. The van der Waals surface area contributed by atoms with E-state index in [0.717, 1.165) is 12.0 Å². The number of aliphatic hydroxyl groups is 1. The monoisotopic (exact) mass is 306 g/mol. The first-order valence-electron chi connectivity index (χ1n) is 7.76. The molecule has 5 atom stereocenters. The molecule has 2 aliphatic rings. The van der Waals surface area contributed by atoms with Crippen LogP contribution in [-0.2, 0) is 9.53 Å². The van der Waals surface area contributed by atoms with E-state index in [-0.39, 0.29) is 17.5 Å². The zero-order chi connectivity index (χ0) is 16.2. The average molecular weight is 306 g/mol. The molecule has 1 heterocycles. The van der Waals surface area contributed by atoms with Gasteiger partial charge in [0.15, 0.2) is 5.76 Å². The number of hydrogen-bond donors (Lipinski definition) is 1. The molecular weight excluding hydrogens is 284 g/mol. The highest BCUT2D eigenvalue weighted by Crippen LogP contribution is 2.59. The Balaban J connectivity index is 2.23. The maximum Gasteiger partial charge on any atom is 0.303 e. The van der Waals surface area contributed by atoms with E-state index in [4.69, 9.17) is 9.15 Å². The second-order valence-corrected chi connectivity index (χ2v) is 6.90. The topological polar surface area (TPSA) is 76.7 Å². The molecule has 0 amide bonds. The van der Waals surface area contributed by atoms with E-state index >= 15 is 0 Å². The van der Waals surface area contributed by atoms with Gasteiger partial charge in [0.25, 0.3) is 0 Å². The lowest BCUT2D eigenvalue weighted by Crippen LogP contribution is -2.55. The van der Waals surface area contributed by atoms with E-state index in [1.54, 1.807) is 0 Å². The third-order valence-corrected chi connectivity index (χ3v) is 5.65. The number of carbonyl (C=O) groups excluding carboxylic acids is 2. The van der Waals surface area contributed by atoms with Gasteiger partial charge >= 0.3 is 5.97 Å². The SMILES string of the molecule is CC(=O)O[C@H]1c2c(C)coc2C(=O)[C@@H]2[C@H](O)CC[C@@H](C)[C@@]21C. The van der Waals surface area contributed by atoms with Crippen molar-refractivity contribution in [1.29, 1.82) is 0 Å². The fraction of sp³-hybridized carbons (Fsp3) is 0.647. The summed E-state index contributed by atoms with van der Waals surface area (Å²) in [6.07, 6.45) is 1.61. The summed E-state index contributed by atoms with van der Waals surface area (Å²) in [5, 5.41) is 10.4. The molecule has 0 radical (unpaired) electrons. The van der Waals surface area contributed by atoms with Crippen LogP contribution in [0, 0.1) is 24.2 Å². The maximum atomic E-state index is 12.9. The minimum Gasteiger partial charge on any atom is -0.460 e. The van der Waals surface area contributed by atoms with Crippen LogP contribution in [0.3, 0.4) is 0 Å². The number of rotatable bonds is 1. The van der Waals surface area contributed by atoms with Gasteiger partial charge in [-0.15, -0.1) is 0 Å². The molecule has 3 rings (SSSR count). The largest absolute Gasteiger partial charge is 0.460 e. The van der Waals surface area contributed by atoms with Crippen molar-refractivity contribution >= 4 is 11.8 Å². The van der Waals surface area contributed by atoms with Gasteiger partial charge in [-0.05, 0) is 31.2 Å². The van der Waals surface area contributed by atoms with Gasteiger partial charge in [0.2, 0.25) is 5.78 Å². The Hall–Kier alpha value is -1.62. The second-order valence-electron chi connectivity index (χ2n) is 6.90. The van der Waals surface area contributed by atoms with Crippen LogP contribution in [0.15, 0.2) is 10.7 Å². The number of ether oxygens (including phenoxy) is 1. The summed E-state index contributed by atoms with van der Waals surface area (Å²) in [7, 11) is 0. The minimum atomic E-state index is -0.731. The summed E-state index contributed by atoms with van der Waals surface area (Å²) in [5.74, 6) is -0.777. The molecule has 5 heteroatoms. The number of aryl methyl sites for hydroxylation is 1. The van der Waals surface area contributed by atoms with Crippen LogP contribution < -0.4 is 0 Å². The first-order chi connectivity index (χ1) is 10.3. The van der Waals surface area contributed by atoms with E-state index in [1.807, 2.05) is 13.8 Å². The second kappa shape index (κ2) is 4.95. The lowest BCUT2D eigenvalue weighted by atomic mass is 9.53. The highest BCUT2D eigenvalue weighted by Gasteiger charge is 2.60.